The average molecular weight is 276 g/mol. The van der Waals surface area contributed by atoms with Crippen molar-refractivity contribution in [2.45, 2.75) is 0 Å². The lowest BCUT2D eigenvalue weighted by atomic mass is 10.3. The zero-order chi connectivity index (χ0) is 14.5. The van der Waals surface area contributed by atoms with E-state index in [0.717, 1.165) is 6.29 Å². The van der Waals surface area contributed by atoms with Crippen LogP contribution < -0.4 is 4.90 Å². The number of anilines is 3. The van der Waals surface area contributed by atoms with E-state index >= 15 is 0 Å². The lowest BCUT2D eigenvalue weighted by Crippen LogP contribution is -2.14. The summed E-state index contributed by atoms with van der Waals surface area (Å²) in [7, 11) is 0. The van der Waals surface area contributed by atoms with Crippen LogP contribution in [0.2, 0.25) is 0 Å². The molecule has 0 saturated heterocycles. The van der Waals surface area contributed by atoms with Gasteiger partial charge >= 0.3 is 0 Å². The van der Waals surface area contributed by atoms with Gasteiger partial charge in [0.25, 0.3) is 0 Å². The topological polar surface area (TPSA) is 59.0 Å². The molecule has 3 heterocycles. The molecule has 0 aliphatic rings. The molecule has 102 valence electrons. The molecule has 0 aliphatic heterocycles. The van der Waals surface area contributed by atoms with Crippen LogP contribution in [0.4, 0.5) is 17.5 Å². The van der Waals surface area contributed by atoms with Gasteiger partial charge in [0.15, 0.2) is 6.29 Å². The predicted molar refractivity (Wildman–Crippen MR) is 79.9 cm³/mol. The largest absolute Gasteiger partial charge is 0.298 e. The number of hydrogen-bond acceptors (Lipinski definition) is 5. The number of rotatable bonds is 4. The lowest BCUT2D eigenvalue weighted by Gasteiger charge is -2.21. The third kappa shape index (κ3) is 2.76. The first kappa shape index (κ1) is 12.9. The zero-order valence-electron chi connectivity index (χ0n) is 11.1. The Kier molecular flexibility index (Phi) is 3.64. The Balaban J connectivity index is 2.09. The highest BCUT2D eigenvalue weighted by Crippen LogP contribution is 2.29. The van der Waals surface area contributed by atoms with Gasteiger partial charge in [-0.3, -0.25) is 9.69 Å². The Bertz CT molecular complexity index is 675. The highest BCUT2D eigenvalue weighted by molar-refractivity contribution is 5.76. The van der Waals surface area contributed by atoms with E-state index in [-0.39, 0.29) is 0 Å². The smallest absolute Gasteiger partial charge is 0.151 e. The van der Waals surface area contributed by atoms with E-state index in [2.05, 4.69) is 15.0 Å². The Morgan fingerprint density at radius 2 is 1.38 bits per heavy atom. The number of carbonyl (C=O) groups excluding carboxylic acids is 1. The van der Waals surface area contributed by atoms with Gasteiger partial charge in [-0.2, -0.15) is 0 Å². The molecule has 0 bridgehead atoms. The molecule has 3 aromatic heterocycles. The Hall–Kier alpha value is -3.08. The van der Waals surface area contributed by atoms with E-state index in [1.54, 1.807) is 24.5 Å². The molecule has 0 aliphatic carbocycles. The first-order chi connectivity index (χ1) is 10.4. The molecule has 0 fully saturated rings. The summed E-state index contributed by atoms with van der Waals surface area (Å²) in [6, 6.07) is 14.7. The van der Waals surface area contributed by atoms with Gasteiger partial charge in [-0.1, -0.05) is 12.1 Å². The maximum Gasteiger partial charge on any atom is 0.151 e. The van der Waals surface area contributed by atoms with E-state index in [9.17, 15) is 4.79 Å². The summed E-state index contributed by atoms with van der Waals surface area (Å²) in [6.07, 6.45) is 5.72. The number of hydrogen-bond donors (Lipinski definition) is 0. The maximum atomic E-state index is 10.7. The van der Waals surface area contributed by atoms with Crippen molar-refractivity contribution in [3.63, 3.8) is 0 Å². The molecular weight excluding hydrogens is 264 g/mol. The summed E-state index contributed by atoms with van der Waals surface area (Å²) < 4.78 is 0. The average Bonchev–Trinajstić information content (AvgIpc) is 2.58. The van der Waals surface area contributed by atoms with Crippen LogP contribution in [0, 0.1) is 0 Å². The molecule has 0 aromatic carbocycles. The van der Waals surface area contributed by atoms with E-state index in [0.29, 0.717) is 23.0 Å². The van der Waals surface area contributed by atoms with Crippen LogP contribution in [0.5, 0.6) is 0 Å². The minimum Gasteiger partial charge on any atom is -0.298 e. The van der Waals surface area contributed by atoms with Gasteiger partial charge in [0.05, 0.1) is 0 Å². The normalized spacial score (nSPS) is 10.1. The van der Waals surface area contributed by atoms with Crippen molar-refractivity contribution in [1.29, 1.82) is 0 Å². The molecule has 0 N–H and O–H groups in total. The summed E-state index contributed by atoms with van der Waals surface area (Å²) in [5, 5.41) is 0. The minimum atomic E-state index is 0.528. The van der Waals surface area contributed by atoms with E-state index < -0.39 is 0 Å². The fourth-order valence-electron chi connectivity index (χ4n) is 1.92. The van der Waals surface area contributed by atoms with E-state index in [1.807, 2.05) is 41.3 Å². The first-order valence-electron chi connectivity index (χ1n) is 6.42. The minimum absolute atomic E-state index is 0.528. The third-order valence-electron chi connectivity index (χ3n) is 2.89. The SMILES string of the molecule is O=Cc1ccc(N(c2ccccn2)c2ccccn2)nc1. The van der Waals surface area contributed by atoms with Crippen molar-refractivity contribution < 1.29 is 4.79 Å². The van der Waals surface area contributed by atoms with Crippen LogP contribution in [0.25, 0.3) is 0 Å². The molecule has 0 atom stereocenters. The molecule has 5 nitrogen and oxygen atoms in total. The number of carbonyl (C=O) groups is 1. The van der Waals surface area contributed by atoms with Crippen molar-refractivity contribution in [1.82, 2.24) is 15.0 Å². The van der Waals surface area contributed by atoms with E-state index in [4.69, 9.17) is 0 Å². The summed E-state index contributed by atoms with van der Waals surface area (Å²) in [5.41, 5.74) is 0.528. The van der Waals surface area contributed by atoms with Crippen LogP contribution >= 0.6 is 0 Å². The Morgan fingerprint density at radius 1 is 0.762 bits per heavy atom. The Morgan fingerprint density at radius 3 is 1.81 bits per heavy atom. The van der Waals surface area contributed by atoms with Crippen LogP contribution in [0.1, 0.15) is 10.4 Å². The van der Waals surface area contributed by atoms with Gasteiger partial charge in [-0.05, 0) is 36.4 Å². The van der Waals surface area contributed by atoms with E-state index in [1.165, 1.54) is 6.20 Å². The molecule has 0 spiro atoms. The fraction of sp³-hybridized carbons (Fsp3) is 0. The molecule has 0 saturated carbocycles. The van der Waals surface area contributed by atoms with Crippen LogP contribution in [-0.4, -0.2) is 21.2 Å². The second-order valence-corrected chi connectivity index (χ2v) is 4.28. The monoisotopic (exact) mass is 276 g/mol. The van der Waals surface area contributed by atoms with Crippen molar-refractivity contribution >= 4 is 23.7 Å². The standard InChI is InChI=1S/C16H12N4O/c21-12-13-7-8-16(19-11-13)20(14-5-1-3-9-17-14)15-6-2-4-10-18-15/h1-12H. The van der Waals surface area contributed by atoms with Crippen molar-refractivity contribution in [2.75, 3.05) is 4.90 Å². The zero-order valence-corrected chi connectivity index (χ0v) is 11.1. The first-order valence-corrected chi connectivity index (χ1v) is 6.42. The van der Waals surface area contributed by atoms with Crippen molar-refractivity contribution in [2.24, 2.45) is 0 Å². The molecule has 3 rings (SSSR count). The maximum absolute atomic E-state index is 10.7. The van der Waals surface area contributed by atoms with Gasteiger partial charge in [0.2, 0.25) is 0 Å². The number of aldehydes is 1. The molecule has 3 aromatic rings. The molecule has 21 heavy (non-hydrogen) atoms. The van der Waals surface area contributed by atoms with Crippen molar-refractivity contribution in [3.8, 4) is 0 Å². The fourth-order valence-corrected chi connectivity index (χ4v) is 1.92. The second kappa shape index (κ2) is 5.92. The summed E-state index contributed by atoms with van der Waals surface area (Å²) in [6.45, 7) is 0. The second-order valence-electron chi connectivity index (χ2n) is 4.28. The van der Waals surface area contributed by atoms with Gasteiger partial charge in [-0.25, -0.2) is 15.0 Å². The highest BCUT2D eigenvalue weighted by atomic mass is 16.1. The van der Waals surface area contributed by atoms with Crippen LogP contribution in [-0.2, 0) is 0 Å². The molecular formula is C16H12N4O. The van der Waals surface area contributed by atoms with Gasteiger partial charge < -0.3 is 0 Å². The molecule has 0 amide bonds. The van der Waals surface area contributed by atoms with Gasteiger partial charge in [-0.15, -0.1) is 0 Å². The van der Waals surface area contributed by atoms with Crippen LogP contribution in [0.15, 0.2) is 67.1 Å². The Labute approximate surface area is 121 Å². The number of nitrogens with zero attached hydrogens (tertiary/aromatic N) is 4. The van der Waals surface area contributed by atoms with Crippen molar-refractivity contribution in [3.05, 3.63) is 72.7 Å². The highest BCUT2D eigenvalue weighted by Gasteiger charge is 2.15. The lowest BCUT2D eigenvalue weighted by molar-refractivity contribution is 0.112. The van der Waals surface area contributed by atoms with Gasteiger partial charge in [0.1, 0.15) is 17.5 Å². The number of pyridine rings is 3. The molecule has 0 radical (unpaired) electrons. The summed E-state index contributed by atoms with van der Waals surface area (Å²) in [4.78, 5) is 25.6. The van der Waals surface area contributed by atoms with Gasteiger partial charge in [0, 0.05) is 24.2 Å². The predicted octanol–water partition coefficient (Wildman–Crippen LogP) is 3.15. The quantitative estimate of drug-likeness (QED) is 0.685. The van der Waals surface area contributed by atoms with Crippen LogP contribution in [0.3, 0.4) is 0 Å². The summed E-state index contributed by atoms with van der Waals surface area (Å²) in [5.74, 6) is 2.07. The number of aromatic nitrogens is 3. The molecule has 0 unspecified atom stereocenters. The third-order valence-corrected chi connectivity index (χ3v) is 2.89. The molecule has 5 heteroatoms. The summed E-state index contributed by atoms with van der Waals surface area (Å²) >= 11 is 0.